The van der Waals surface area contributed by atoms with Gasteiger partial charge in [-0.25, -0.2) is 9.97 Å². The summed E-state index contributed by atoms with van der Waals surface area (Å²) in [6, 6.07) is 13.8. The molecule has 0 bridgehead atoms. The average Bonchev–Trinajstić information content (AvgIpc) is 3.11. The Labute approximate surface area is 168 Å². The number of rotatable bonds is 4. The Morgan fingerprint density at radius 2 is 1.97 bits per heavy atom. The molecule has 1 N–H and O–H groups in total. The number of H-pyrrole nitrogens is 1. The first kappa shape index (κ1) is 17.8. The lowest BCUT2D eigenvalue weighted by Crippen LogP contribution is -2.35. The van der Waals surface area contributed by atoms with Gasteiger partial charge in [-0.15, -0.1) is 0 Å². The van der Waals surface area contributed by atoms with Crippen LogP contribution in [-0.4, -0.2) is 35.9 Å². The van der Waals surface area contributed by atoms with Crippen LogP contribution in [0, 0.1) is 0 Å². The number of hydrogen-bond donors (Lipinski definition) is 1. The Bertz CT molecular complexity index is 1230. The maximum absolute atomic E-state index is 12.6. The third-order valence-electron chi connectivity index (χ3n) is 5.47. The zero-order valence-electron chi connectivity index (χ0n) is 16.3. The summed E-state index contributed by atoms with van der Waals surface area (Å²) in [5, 5.41) is 0. The van der Waals surface area contributed by atoms with Crippen LogP contribution >= 0.6 is 0 Å². The monoisotopic (exact) mass is 386 g/mol. The van der Waals surface area contributed by atoms with E-state index >= 15 is 0 Å². The van der Waals surface area contributed by atoms with Gasteiger partial charge >= 0.3 is 0 Å². The third-order valence-corrected chi connectivity index (χ3v) is 5.47. The van der Waals surface area contributed by atoms with Crippen LogP contribution in [-0.2, 0) is 26.1 Å². The molecule has 0 radical (unpaired) electrons. The summed E-state index contributed by atoms with van der Waals surface area (Å²) >= 11 is 0. The summed E-state index contributed by atoms with van der Waals surface area (Å²) in [6.45, 7) is 5.19. The number of pyridine rings is 1. The molecule has 0 saturated heterocycles. The quantitative estimate of drug-likeness (QED) is 0.583. The van der Waals surface area contributed by atoms with Crippen molar-refractivity contribution in [2.75, 3.05) is 6.54 Å². The van der Waals surface area contributed by atoms with Gasteiger partial charge in [0, 0.05) is 31.4 Å². The second kappa shape index (κ2) is 7.25. The van der Waals surface area contributed by atoms with E-state index in [0.29, 0.717) is 24.5 Å². The number of aromatic nitrogens is 5. The molecule has 1 aromatic carbocycles. The van der Waals surface area contributed by atoms with Crippen molar-refractivity contribution in [3.63, 3.8) is 0 Å². The van der Waals surface area contributed by atoms with E-state index in [-0.39, 0.29) is 5.56 Å². The molecule has 4 aromatic rings. The van der Waals surface area contributed by atoms with E-state index in [2.05, 4.69) is 38.5 Å². The van der Waals surface area contributed by atoms with Gasteiger partial charge in [0.05, 0.1) is 23.3 Å². The van der Waals surface area contributed by atoms with Gasteiger partial charge in [0.2, 0.25) is 0 Å². The van der Waals surface area contributed by atoms with E-state index in [1.807, 2.05) is 30.3 Å². The molecule has 4 heterocycles. The third kappa shape index (κ3) is 3.23. The number of benzene rings is 1. The number of para-hydroxylation sites is 2. The smallest absolute Gasteiger partial charge is 0.254 e. The Balaban J connectivity index is 1.45. The minimum Gasteiger partial charge on any atom is -0.327 e. The highest BCUT2D eigenvalue weighted by Gasteiger charge is 2.23. The van der Waals surface area contributed by atoms with Gasteiger partial charge < -0.3 is 9.55 Å². The lowest BCUT2D eigenvalue weighted by molar-refractivity contribution is 0.232. The molecule has 0 amide bonds. The van der Waals surface area contributed by atoms with Gasteiger partial charge in [0.15, 0.2) is 5.82 Å². The maximum Gasteiger partial charge on any atom is 0.254 e. The number of imidazole rings is 1. The molecule has 1 aliphatic heterocycles. The van der Waals surface area contributed by atoms with E-state index < -0.39 is 0 Å². The van der Waals surface area contributed by atoms with Crippen molar-refractivity contribution in [1.29, 1.82) is 0 Å². The highest BCUT2D eigenvalue weighted by Crippen LogP contribution is 2.21. The molecular weight excluding hydrogens is 364 g/mol. The minimum absolute atomic E-state index is 0.0592. The number of nitrogens with zero attached hydrogens (tertiary/aromatic N) is 5. The SMILES string of the molecule is CCn1c(CN2CCc3c(nc(-c4ccccn4)[nH]c3=O)C2)nc2ccccc21. The second-order valence-corrected chi connectivity index (χ2v) is 7.28. The molecule has 29 heavy (non-hydrogen) atoms. The first-order chi connectivity index (χ1) is 14.2. The summed E-state index contributed by atoms with van der Waals surface area (Å²) in [4.78, 5) is 31.7. The molecule has 146 valence electrons. The number of aromatic amines is 1. The van der Waals surface area contributed by atoms with Crippen molar-refractivity contribution in [3.8, 4) is 11.5 Å². The van der Waals surface area contributed by atoms with Crippen LogP contribution in [0.3, 0.4) is 0 Å². The molecule has 3 aromatic heterocycles. The molecule has 7 nitrogen and oxygen atoms in total. The predicted molar refractivity (Wildman–Crippen MR) is 111 cm³/mol. The fourth-order valence-electron chi connectivity index (χ4n) is 4.05. The second-order valence-electron chi connectivity index (χ2n) is 7.28. The van der Waals surface area contributed by atoms with Gasteiger partial charge in [0.25, 0.3) is 5.56 Å². The summed E-state index contributed by atoms with van der Waals surface area (Å²) in [6.07, 6.45) is 2.39. The van der Waals surface area contributed by atoms with E-state index in [1.54, 1.807) is 6.20 Å². The molecular formula is C22H22N6O. The highest BCUT2D eigenvalue weighted by atomic mass is 16.1. The van der Waals surface area contributed by atoms with Crippen molar-refractivity contribution in [2.45, 2.75) is 33.0 Å². The Kier molecular flexibility index (Phi) is 4.44. The Morgan fingerprint density at radius 1 is 1.10 bits per heavy atom. The zero-order valence-corrected chi connectivity index (χ0v) is 16.3. The first-order valence-electron chi connectivity index (χ1n) is 9.93. The maximum atomic E-state index is 12.6. The molecule has 0 saturated carbocycles. The van der Waals surface area contributed by atoms with Gasteiger partial charge in [-0.05, 0) is 37.6 Å². The molecule has 0 atom stereocenters. The van der Waals surface area contributed by atoms with Crippen molar-refractivity contribution in [3.05, 3.63) is 76.1 Å². The van der Waals surface area contributed by atoms with E-state index in [1.165, 1.54) is 0 Å². The number of aryl methyl sites for hydroxylation is 1. The predicted octanol–water partition coefficient (Wildman–Crippen LogP) is 2.76. The lowest BCUT2D eigenvalue weighted by Gasteiger charge is -2.27. The molecule has 0 aliphatic carbocycles. The fraction of sp³-hybridized carbons (Fsp3) is 0.273. The van der Waals surface area contributed by atoms with Gasteiger partial charge in [-0.1, -0.05) is 18.2 Å². The molecule has 5 rings (SSSR count). The largest absolute Gasteiger partial charge is 0.327 e. The van der Waals surface area contributed by atoms with Crippen LogP contribution in [0.25, 0.3) is 22.6 Å². The summed E-state index contributed by atoms with van der Waals surface area (Å²) in [5.41, 5.74) is 4.42. The van der Waals surface area contributed by atoms with Crippen LogP contribution in [0.4, 0.5) is 0 Å². The molecule has 1 aliphatic rings. The number of fused-ring (bicyclic) bond motifs is 2. The van der Waals surface area contributed by atoms with E-state index in [0.717, 1.165) is 47.7 Å². The standard InChI is InChI=1S/C22H22N6O/c1-2-28-19-9-4-3-7-16(19)24-20(28)14-27-12-10-15-18(13-27)25-21(26-22(15)29)17-8-5-6-11-23-17/h3-9,11H,2,10,12-14H2,1H3,(H,25,26,29). The van der Waals surface area contributed by atoms with E-state index in [4.69, 9.17) is 9.97 Å². The van der Waals surface area contributed by atoms with Gasteiger partial charge in [-0.2, -0.15) is 0 Å². The normalized spacial score (nSPS) is 14.2. The lowest BCUT2D eigenvalue weighted by atomic mass is 10.1. The molecule has 0 spiro atoms. The van der Waals surface area contributed by atoms with Crippen molar-refractivity contribution in [2.24, 2.45) is 0 Å². The van der Waals surface area contributed by atoms with Crippen molar-refractivity contribution >= 4 is 11.0 Å². The number of nitrogens with one attached hydrogen (secondary N) is 1. The first-order valence-corrected chi connectivity index (χ1v) is 9.93. The summed E-state index contributed by atoms with van der Waals surface area (Å²) in [7, 11) is 0. The van der Waals surface area contributed by atoms with Crippen LogP contribution < -0.4 is 5.56 Å². The van der Waals surface area contributed by atoms with E-state index in [9.17, 15) is 4.79 Å². The highest BCUT2D eigenvalue weighted by molar-refractivity contribution is 5.75. The molecule has 7 heteroatoms. The Hall–Kier alpha value is -3.32. The van der Waals surface area contributed by atoms with Crippen molar-refractivity contribution < 1.29 is 0 Å². The van der Waals surface area contributed by atoms with Gasteiger partial charge in [0.1, 0.15) is 11.5 Å². The number of hydrogen-bond acceptors (Lipinski definition) is 5. The van der Waals surface area contributed by atoms with Crippen molar-refractivity contribution in [1.82, 2.24) is 29.4 Å². The topological polar surface area (TPSA) is 79.7 Å². The zero-order chi connectivity index (χ0) is 19.8. The van der Waals surface area contributed by atoms with Gasteiger partial charge in [-0.3, -0.25) is 14.7 Å². The summed E-state index contributed by atoms with van der Waals surface area (Å²) in [5.74, 6) is 1.57. The minimum atomic E-state index is -0.0592. The van der Waals surface area contributed by atoms with Crippen LogP contribution in [0.1, 0.15) is 24.0 Å². The fourth-order valence-corrected chi connectivity index (χ4v) is 4.05. The average molecular weight is 386 g/mol. The van der Waals surface area contributed by atoms with Crippen LogP contribution in [0.5, 0.6) is 0 Å². The summed E-state index contributed by atoms with van der Waals surface area (Å²) < 4.78 is 2.26. The van der Waals surface area contributed by atoms with Crippen LogP contribution in [0.2, 0.25) is 0 Å². The molecule has 0 unspecified atom stereocenters. The van der Waals surface area contributed by atoms with Crippen LogP contribution in [0.15, 0.2) is 53.5 Å². The Morgan fingerprint density at radius 3 is 2.79 bits per heavy atom. The molecule has 0 fully saturated rings.